The summed E-state index contributed by atoms with van der Waals surface area (Å²) in [6.07, 6.45) is 7.48. The Hall–Kier alpha value is -0.570. The molecular weight excluding hydrogens is 212 g/mol. The van der Waals surface area contributed by atoms with Crippen molar-refractivity contribution in [2.45, 2.75) is 58.4 Å². The summed E-state index contributed by atoms with van der Waals surface area (Å²) in [6, 6.07) is 0.0396. The first-order chi connectivity index (χ1) is 8.17. The number of carbonyl (C=O) groups excluding carboxylic acids is 1. The molecule has 98 valence electrons. The lowest BCUT2D eigenvalue weighted by molar-refractivity contribution is -0.125. The molecule has 2 fully saturated rings. The molecule has 1 saturated heterocycles. The van der Waals surface area contributed by atoms with Gasteiger partial charge in [-0.25, -0.2) is 0 Å². The first kappa shape index (κ1) is 12.9. The predicted octanol–water partition coefficient (Wildman–Crippen LogP) is 2.07. The summed E-state index contributed by atoms with van der Waals surface area (Å²) in [5, 5.41) is 6.52. The SMILES string of the molecule is CCC1(CNC(=O)C2NCCCC2C)CCC1. The Labute approximate surface area is 105 Å². The number of hydrogen-bond acceptors (Lipinski definition) is 2. The van der Waals surface area contributed by atoms with Crippen molar-refractivity contribution in [3.63, 3.8) is 0 Å². The fraction of sp³-hybridized carbons (Fsp3) is 0.929. The van der Waals surface area contributed by atoms with Crippen LogP contribution in [0, 0.1) is 11.3 Å². The second-order valence-electron chi connectivity index (χ2n) is 5.98. The molecule has 2 aliphatic rings. The van der Waals surface area contributed by atoms with E-state index in [0.29, 0.717) is 11.3 Å². The highest BCUT2D eigenvalue weighted by Crippen LogP contribution is 2.43. The zero-order chi connectivity index (χ0) is 12.3. The first-order valence-electron chi connectivity index (χ1n) is 7.18. The molecule has 3 nitrogen and oxygen atoms in total. The molecule has 1 aliphatic carbocycles. The minimum Gasteiger partial charge on any atom is -0.354 e. The summed E-state index contributed by atoms with van der Waals surface area (Å²) in [5.74, 6) is 0.694. The van der Waals surface area contributed by atoms with E-state index in [1.54, 1.807) is 0 Å². The lowest BCUT2D eigenvalue weighted by Crippen LogP contribution is -2.53. The number of rotatable bonds is 4. The van der Waals surface area contributed by atoms with Crippen LogP contribution in [-0.2, 0) is 4.79 Å². The molecule has 0 spiro atoms. The summed E-state index contributed by atoms with van der Waals surface area (Å²) in [7, 11) is 0. The average Bonchev–Trinajstić information content (AvgIpc) is 2.28. The van der Waals surface area contributed by atoms with Crippen molar-refractivity contribution in [2.75, 3.05) is 13.1 Å². The first-order valence-corrected chi connectivity index (χ1v) is 7.18. The molecule has 2 rings (SSSR count). The van der Waals surface area contributed by atoms with Gasteiger partial charge in [0.2, 0.25) is 5.91 Å². The van der Waals surface area contributed by atoms with Crippen molar-refractivity contribution >= 4 is 5.91 Å². The minimum absolute atomic E-state index is 0.0396. The maximum atomic E-state index is 12.1. The van der Waals surface area contributed by atoms with E-state index in [-0.39, 0.29) is 11.9 Å². The van der Waals surface area contributed by atoms with Gasteiger partial charge < -0.3 is 10.6 Å². The van der Waals surface area contributed by atoms with Crippen LogP contribution in [0.4, 0.5) is 0 Å². The molecule has 2 N–H and O–H groups in total. The third-order valence-electron chi connectivity index (χ3n) is 4.85. The number of amides is 1. The van der Waals surface area contributed by atoms with Crippen LogP contribution in [-0.4, -0.2) is 25.0 Å². The van der Waals surface area contributed by atoms with E-state index in [2.05, 4.69) is 24.5 Å². The number of piperidine rings is 1. The van der Waals surface area contributed by atoms with Gasteiger partial charge in [0.25, 0.3) is 0 Å². The highest BCUT2D eigenvalue weighted by molar-refractivity contribution is 5.82. The van der Waals surface area contributed by atoms with Crippen LogP contribution in [0.25, 0.3) is 0 Å². The molecule has 3 heteroatoms. The summed E-state index contributed by atoms with van der Waals surface area (Å²) in [5.41, 5.74) is 0.424. The molecule has 1 aliphatic heterocycles. The Morgan fingerprint density at radius 2 is 2.18 bits per heavy atom. The van der Waals surface area contributed by atoms with Gasteiger partial charge in [-0.1, -0.05) is 20.3 Å². The van der Waals surface area contributed by atoms with Crippen LogP contribution in [0.3, 0.4) is 0 Å². The van der Waals surface area contributed by atoms with Gasteiger partial charge >= 0.3 is 0 Å². The predicted molar refractivity (Wildman–Crippen MR) is 69.8 cm³/mol. The van der Waals surface area contributed by atoms with E-state index < -0.39 is 0 Å². The van der Waals surface area contributed by atoms with Gasteiger partial charge in [0.1, 0.15) is 0 Å². The van der Waals surface area contributed by atoms with Crippen molar-refractivity contribution in [1.29, 1.82) is 0 Å². The van der Waals surface area contributed by atoms with Crippen molar-refractivity contribution in [1.82, 2.24) is 10.6 Å². The molecule has 0 aromatic heterocycles. The quantitative estimate of drug-likeness (QED) is 0.787. The second-order valence-corrected chi connectivity index (χ2v) is 5.98. The maximum Gasteiger partial charge on any atom is 0.237 e. The van der Waals surface area contributed by atoms with Crippen LogP contribution >= 0.6 is 0 Å². The van der Waals surface area contributed by atoms with E-state index in [1.807, 2.05) is 0 Å². The molecule has 0 bridgehead atoms. The zero-order valence-corrected chi connectivity index (χ0v) is 11.2. The van der Waals surface area contributed by atoms with Gasteiger partial charge in [-0.3, -0.25) is 4.79 Å². The van der Waals surface area contributed by atoms with Crippen LogP contribution in [0.1, 0.15) is 52.4 Å². The Morgan fingerprint density at radius 1 is 1.41 bits per heavy atom. The van der Waals surface area contributed by atoms with E-state index in [4.69, 9.17) is 0 Å². The van der Waals surface area contributed by atoms with Gasteiger partial charge in [-0.15, -0.1) is 0 Å². The highest BCUT2D eigenvalue weighted by Gasteiger charge is 2.36. The molecule has 17 heavy (non-hydrogen) atoms. The third-order valence-corrected chi connectivity index (χ3v) is 4.85. The summed E-state index contributed by atoms with van der Waals surface area (Å²) in [6.45, 7) is 6.29. The van der Waals surface area contributed by atoms with E-state index >= 15 is 0 Å². The van der Waals surface area contributed by atoms with E-state index in [1.165, 1.54) is 38.5 Å². The minimum atomic E-state index is 0.0396. The Kier molecular flexibility index (Phi) is 4.08. The van der Waals surface area contributed by atoms with Gasteiger partial charge in [0.05, 0.1) is 6.04 Å². The fourth-order valence-electron chi connectivity index (χ4n) is 3.12. The van der Waals surface area contributed by atoms with Gasteiger partial charge in [-0.2, -0.15) is 0 Å². The number of carbonyl (C=O) groups is 1. The Balaban J connectivity index is 1.80. The third kappa shape index (κ3) is 2.82. The van der Waals surface area contributed by atoms with Crippen molar-refractivity contribution in [3.8, 4) is 0 Å². The van der Waals surface area contributed by atoms with Gasteiger partial charge in [-0.05, 0) is 50.0 Å². The zero-order valence-electron chi connectivity index (χ0n) is 11.2. The molecule has 1 saturated carbocycles. The number of hydrogen-bond donors (Lipinski definition) is 2. The summed E-state index contributed by atoms with van der Waals surface area (Å²) < 4.78 is 0. The molecule has 1 heterocycles. The van der Waals surface area contributed by atoms with Crippen molar-refractivity contribution < 1.29 is 4.79 Å². The van der Waals surface area contributed by atoms with Crippen LogP contribution < -0.4 is 10.6 Å². The molecule has 0 aromatic carbocycles. The summed E-state index contributed by atoms with van der Waals surface area (Å²) >= 11 is 0. The van der Waals surface area contributed by atoms with E-state index in [9.17, 15) is 4.79 Å². The Bertz CT molecular complexity index is 268. The van der Waals surface area contributed by atoms with Gasteiger partial charge in [0.15, 0.2) is 0 Å². The standard InChI is InChI=1S/C14H26N2O/c1-3-14(7-5-8-14)10-16-13(17)12-11(2)6-4-9-15-12/h11-12,15H,3-10H2,1-2H3,(H,16,17). The fourth-order valence-corrected chi connectivity index (χ4v) is 3.12. The smallest absolute Gasteiger partial charge is 0.237 e. The van der Waals surface area contributed by atoms with Crippen LogP contribution in [0.5, 0.6) is 0 Å². The van der Waals surface area contributed by atoms with Gasteiger partial charge in [0, 0.05) is 6.54 Å². The molecule has 2 unspecified atom stereocenters. The molecule has 0 radical (unpaired) electrons. The maximum absolute atomic E-state index is 12.1. The largest absolute Gasteiger partial charge is 0.354 e. The second kappa shape index (κ2) is 5.38. The molecule has 0 aromatic rings. The Morgan fingerprint density at radius 3 is 2.71 bits per heavy atom. The summed E-state index contributed by atoms with van der Waals surface area (Å²) in [4.78, 5) is 12.1. The van der Waals surface area contributed by atoms with Crippen molar-refractivity contribution in [2.24, 2.45) is 11.3 Å². The lowest BCUT2D eigenvalue weighted by Gasteiger charge is -2.42. The van der Waals surface area contributed by atoms with Crippen LogP contribution in [0.2, 0.25) is 0 Å². The monoisotopic (exact) mass is 238 g/mol. The average molecular weight is 238 g/mol. The normalized spacial score (nSPS) is 31.6. The molecule has 1 amide bonds. The van der Waals surface area contributed by atoms with E-state index in [0.717, 1.165) is 13.1 Å². The molecule has 2 atom stereocenters. The number of nitrogens with one attached hydrogen (secondary N) is 2. The lowest BCUT2D eigenvalue weighted by atomic mass is 9.67. The van der Waals surface area contributed by atoms with Crippen molar-refractivity contribution in [3.05, 3.63) is 0 Å². The topological polar surface area (TPSA) is 41.1 Å². The highest BCUT2D eigenvalue weighted by atomic mass is 16.2. The molecular formula is C14H26N2O. The van der Waals surface area contributed by atoms with Crippen LogP contribution in [0.15, 0.2) is 0 Å².